The van der Waals surface area contributed by atoms with Crippen molar-refractivity contribution in [1.29, 1.82) is 0 Å². The summed E-state index contributed by atoms with van der Waals surface area (Å²) in [5.74, 6) is 0. The molecule has 1 aliphatic heterocycles. The molecule has 2 rings (SSSR count). The van der Waals surface area contributed by atoms with Gasteiger partial charge in [0.15, 0.2) is 0 Å². The van der Waals surface area contributed by atoms with Crippen LogP contribution < -0.4 is 5.73 Å². The van der Waals surface area contributed by atoms with Crippen LogP contribution in [0.1, 0.15) is 19.4 Å². The Morgan fingerprint density at radius 3 is 2.83 bits per heavy atom. The zero-order valence-corrected chi connectivity index (χ0v) is 7.33. The average molecular weight is 160 g/mol. The first-order chi connectivity index (χ1) is 5.59. The van der Waals surface area contributed by atoms with Crippen LogP contribution in [-0.2, 0) is 5.41 Å². The van der Waals surface area contributed by atoms with Crippen LogP contribution >= 0.6 is 0 Å². The largest absolute Gasteiger partial charge is 0.399 e. The van der Waals surface area contributed by atoms with E-state index in [0.29, 0.717) is 0 Å². The van der Waals surface area contributed by atoms with Gasteiger partial charge >= 0.3 is 0 Å². The summed E-state index contributed by atoms with van der Waals surface area (Å²) < 4.78 is 0. The van der Waals surface area contributed by atoms with Gasteiger partial charge in [0, 0.05) is 17.3 Å². The van der Waals surface area contributed by atoms with Gasteiger partial charge in [-0.1, -0.05) is 19.9 Å². The summed E-state index contributed by atoms with van der Waals surface area (Å²) in [6, 6.07) is 5.90. The highest BCUT2D eigenvalue weighted by Crippen LogP contribution is 2.37. The molecule has 1 aliphatic rings. The highest BCUT2D eigenvalue weighted by molar-refractivity contribution is 5.85. The molecular weight excluding hydrogens is 148 g/mol. The summed E-state index contributed by atoms with van der Waals surface area (Å²) in [5.41, 5.74) is 8.77. The van der Waals surface area contributed by atoms with E-state index < -0.39 is 0 Å². The number of fused-ring (bicyclic) bond motifs is 1. The van der Waals surface area contributed by atoms with Crippen molar-refractivity contribution in [3.05, 3.63) is 23.8 Å². The number of nitrogens with zero attached hydrogens (tertiary/aromatic N) is 1. The molecule has 2 heteroatoms. The van der Waals surface area contributed by atoms with Crippen molar-refractivity contribution < 1.29 is 0 Å². The Labute approximate surface area is 72.1 Å². The molecule has 0 radical (unpaired) electrons. The highest BCUT2D eigenvalue weighted by Gasteiger charge is 2.25. The molecule has 1 heterocycles. The number of nitrogens with two attached hydrogens (primary N) is 1. The molecule has 0 fully saturated rings. The fourth-order valence-electron chi connectivity index (χ4n) is 1.50. The Morgan fingerprint density at radius 1 is 1.33 bits per heavy atom. The van der Waals surface area contributed by atoms with Crippen LogP contribution in [0.15, 0.2) is 23.2 Å². The van der Waals surface area contributed by atoms with Gasteiger partial charge in [-0.15, -0.1) is 0 Å². The summed E-state index contributed by atoms with van der Waals surface area (Å²) in [6.45, 7) is 4.30. The van der Waals surface area contributed by atoms with Crippen LogP contribution in [0.4, 0.5) is 11.4 Å². The van der Waals surface area contributed by atoms with E-state index in [1.807, 2.05) is 18.3 Å². The fraction of sp³-hybridized carbons (Fsp3) is 0.300. The molecule has 0 aromatic heterocycles. The predicted octanol–water partition coefficient (Wildman–Crippen LogP) is 2.26. The van der Waals surface area contributed by atoms with E-state index in [9.17, 15) is 0 Å². The minimum absolute atomic E-state index is 0.0725. The van der Waals surface area contributed by atoms with Gasteiger partial charge in [-0.2, -0.15) is 0 Å². The van der Waals surface area contributed by atoms with Crippen LogP contribution in [0, 0.1) is 0 Å². The molecule has 0 amide bonds. The van der Waals surface area contributed by atoms with Crippen molar-refractivity contribution in [2.24, 2.45) is 4.99 Å². The quantitative estimate of drug-likeness (QED) is 0.581. The molecule has 0 unspecified atom stereocenters. The van der Waals surface area contributed by atoms with Crippen molar-refractivity contribution in [1.82, 2.24) is 0 Å². The van der Waals surface area contributed by atoms with Gasteiger partial charge in [-0.3, -0.25) is 4.99 Å². The molecule has 2 nitrogen and oxygen atoms in total. The number of benzene rings is 1. The van der Waals surface area contributed by atoms with Gasteiger partial charge in [0.2, 0.25) is 0 Å². The van der Waals surface area contributed by atoms with E-state index in [-0.39, 0.29) is 5.41 Å². The summed E-state index contributed by atoms with van der Waals surface area (Å²) in [5, 5.41) is 0. The Balaban J connectivity index is 2.62. The van der Waals surface area contributed by atoms with Gasteiger partial charge in [-0.05, 0) is 17.7 Å². The summed E-state index contributed by atoms with van der Waals surface area (Å²) in [6.07, 6.45) is 1.97. The second kappa shape index (κ2) is 2.09. The number of hydrogen-bond donors (Lipinski definition) is 1. The van der Waals surface area contributed by atoms with Crippen molar-refractivity contribution in [3.63, 3.8) is 0 Å². The van der Waals surface area contributed by atoms with E-state index >= 15 is 0 Å². The first-order valence-electron chi connectivity index (χ1n) is 4.05. The van der Waals surface area contributed by atoms with Crippen LogP contribution in [0.25, 0.3) is 0 Å². The van der Waals surface area contributed by atoms with Crippen molar-refractivity contribution in [2.75, 3.05) is 5.73 Å². The van der Waals surface area contributed by atoms with E-state index in [1.165, 1.54) is 5.56 Å². The maximum atomic E-state index is 5.65. The minimum Gasteiger partial charge on any atom is -0.399 e. The lowest BCUT2D eigenvalue weighted by molar-refractivity contribution is 0.753. The molecule has 0 saturated carbocycles. The molecule has 12 heavy (non-hydrogen) atoms. The first kappa shape index (κ1) is 7.35. The molecule has 0 spiro atoms. The molecule has 0 saturated heterocycles. The van der Waals surface area contributed by atoms with Crippen LogP contribution in [0.5, 0.6) is 0 Å². The Hall–Kier alpha value is -1.31. The second-order valence-corrected chi connectivity index (χ2v) is 3.76. The van der Waals surface area contributed by atoms with E-state index in [0.717, 1.165) is 11.4 Å². The SMILES string of the molecule is CC1(C)C=Nc2cc(N)ccc21. The van der Waals surface area contributed by atoms with Crippen LogP contribution in [-0.4, -0.2) is 6.21 Å². The molecule has 1 aromatic rings. The highest BCUT2D eigenvalue weighted by atomic mass is 14.8. The second-order valence-electron chi connectivity index (χ2n) is 3.76. The van der Waals surface area contributed by atoms with Crippen LogP contribution in [0.3, 0.4) is 0 Å². The molecule has 1 aromatic carbocycles. The molecule has 62 valence electrons. The average Bonchev–Trinajstić information content (AvgIpc) is 2.27. The van der Waals surface area contributed by atoms with Crippen LogP contribution in [0.2, 0.25) is 0 Å². The summed E-state index contributed by atoms with van der Waals surface area (Å²) in [4.78, 5) is 4.31. The van der Waals surface area contributed by atoms with Gasteiger partial charge in [0.1, 0.15) is 0 Å². The lowest BCUT2D eigenvalue weighted by atomic mass is 9.87. The van der Waals surface area contributed by atoms with Gasteiger partial charge in [-0.25, -0.2) is 0 Å². The zero-order chi connectivity index (χ0) is 8.77. The Kier molecular flexibility index (Phi) is 1.28. The van der Waals surface area contributed by atoms with Crippen molar-refractivity contribution in [2.45, 2.75) is 19.3 Å². The van der Waals surface area contributed by atoms with Gasteiger partial charge in [0.05, 0.1) is 5.69 Å². The molecular formula is C10H12N2. The number of hydrogen-bond acceptors (Lipinski definition) is 2. The number of anilines is 1. The molecule has 2 N–H and O–H groups in total. The molecule has 0 bridgehead atoms. The van der Waals surface area contributed by atoms with Gasteiger partial charge < -0.3 is 5.73 Å². The maximum absolute atomic E-state index is 5.65. The van der Waals surface area contributed by atoms with E-state index in [4.69, 9.17) is 5.73 Å². The van der Waals surface area contributed by atoms with Crippen molar-refractivity contribution in [3.8, 4) is 0 Å². The standard InChI is InChI=1S/C10H12N2/c1-10(2)6-12-9-5-7(11)3-4-8(9)10/h3-6H,11H2,1-2H3. The molecule has 0 aliphatic carbocycles. The predicted molar refractivity (Wildman–Crippen MR) is 52.0 cm³/mol. The molecule has 0 atom stereocenters. The fourth-order valence-corrected chi connectivity index (χ4v) is 1.50. The maximum Gasteiger partial charge on any atom is 0.0687 e. The summed E-state index contributed by atoms with van der Waals surface area (Å²) in [7, 11) is 0. The first-order valence-corrected chi connectivity index (χ1v) is 4.05. The Bertz CT molecular complexity index is 351. The Morgan fingerprint density at radius 2 is 2.08 bits per heavy atom. The number of aliphatic imine (C=N–C) groups is 1. The number of rotatable bonds is 0. The third-order valence-electron chi connectivity index (χ3n) is 2.24. The summed E-state index contributed by atoms with van der Waals surface area (Å²) >= 11 is 0. The lowest BCUT2D eigenvalue weighted by Gasteiger charge is -2.15. The third-order valence-corrected chi connectivity index (χ3v) is 2.24. The smallest absolute Gasteiger partial charge is 0.0687 e. The van der Waals surface area contributed by atoms with Gasteiger partial charge in [0.25, 0.3) is 0 Å². The number of nitrogen functional groups attached to an aromatic ring is 1. The topological polar surface area (TPSA) is 38.4 Å². The lowest BCUT2D eigenvalue weighted by Crippen LogP contribution is -2.14. The third kappa shape index (κ3) is 0.916. The van der Waals surface area contributed by atoms with E-state index in [2.05, 4.69) is 24.9 Å². The van der Waals surface area contributed by atoms with E-state index in [1.54, 1.807) is 0 Å². The zero-order valence-electron chi connectivity index (χ0n) is 7.33. The minimum atomic E-state index is 0.0725. The normalized spacial score (nSPS) is 17.8. The monoisotopic (exact) mass is 160 g/mol. The van der Waals surface area contributed by atoms with Crippen molar-refractivity contribution >= 4 is 17.6 Å².